The molecule has 16 heavy (non-hydrogen) atoms. The summed E-state index contributed by atoms with van der Waals surface area (Å²) in [5, 5.41) is 0. The van der Waals surface area contributed by atoms with Crippen LogP contribution in [0.25, 0.3) is 0 Å². The molecule has 0 aromatic rings. The summed E-state index contributed by atoms with van der Waals surface area (Å²) in [6.07, 6.45) is 1.28. The molecule has 4 nitrogen and oxygen atoms in total. The molecular formula is C12H26N4. The van der Waals surface area contributed by atoms with Gasteiger partial charge in [0.25, 0.3) is 0 Å². The number of likely N-dealkylation sites (N-methyl/N-ethyl adjacent to an activating group) is 1. The monoisotopic (exact) mass is 226 g/mol. The van der Waals surface area contributed by atoms with Crippen LogP contribution in [0.15, 0.2) is 0 Å². The summed E-state index contributed by atoms with van der Waals surface area (Å²) in [7, 11) is 4.39. The maximum absolute atomic E-state index is 6.32. The molecule has 0 aliphatic carbocycles. The van der Waals surface area contributed by atoms with Crippen LogP contribution in [-0.4, -0.2) is 80.7 Å². The van der Waals surface area contributed by atoms with Gasteiger partial charge in [-0.15, -0.1) is 0 Å². The van der Waals surface area contributed by atoms with Crippen molar-refractivity contribution in [1.29, 1.82) is 0 Å². The lowest BCUT2D eigenvalue weighted by Crippen LogP contribution is -2.50. The topological polar surface area (TPSA) is 35.7 Å². The average Bonchev–Trinajstić information content (AvgIpc) is 2.68. The molecule has 0 saturated carbocycles. The molecule has 2 rings (SSSR count). The Morgan fingerprint density at radius 2 is 1.75 bits per heavy atom. The molecular weight excluding hydrogens is 200 g/mol. The molecule has 2 atom stereocenters. The summed E-state index contributed by atoms with van der Waals surface area (Å²) in [4.78, 5) is 7.32. The zero-order chi connectivity index (χ0) is 11.5. The predicted molar refractivity (Wildman–Crippen MR) is 67.5 cm³/mol. The van der Waals surface area contributed by atoms with Crippen LogP contribution in [0.3, 0.4) is 0 Å². The number of piperazine rings is 1. The third-order valence-electron chi connectivity index (χ3n) is 4.10. The third kappa shape index (κ3) is 3.17. The third-order valence-corrected chi connectivity index (χ3v) is 4.10. The molecule has 0 bridgehead atoms. The van der Waals surface area contributed by atoms with E-state index in [1.54, 1.807) is 0 Å². The van der Waals surface area contributed by atoms with Crippen molar-refractivity contribution in [2.24, 2.45) is 11.7 Å². The number of likely N-dealkylation sites (tertiary alicyclic amines) is 1. The molecule has 0 aromatic heterocycles. The normalized spacial score (nSPS) is 32.1. The summed E-state index contributed by atoms with van der Waals surface area (Å²) in [5.41, 5.74) is 6.32. The fourth-order valence-electron chi connectivity index (χ4n) is 2.80. The minimum Gasteiger partial charge on any atom is -0.326 e. The molecule has 4 heteroatoms. The first-order chi connectivity index (χ1) is 7.65. The lowest BCUT2D eigenvalue weighted by molar-refractivity contribution is 0.138. The van der Waals surface area contributed by atoms with Gasteiger partial charge in [0.1, 0.15) is 0 Å². The fraction of sp³-hybridized carbons (Fsp3) is 1.00. The molecule has 0 aromatic carbocycles. The molecule has 0 spiro atoms. The summed E-state index contributed by atoms with van der Waals surface area (Å²) < 4.78 is 0. The lowest BCUT2D eigenvalue weighted by Gasteiger charge is -2.35. The van der Waals surface area contributed by atoms with E-state index in [1.165, 1.54) is 45.7 Å². The Morgan fingerprint density at radius 1 is 1.06 bits per heavy atom. The Balaban J connectivity index is 1.72. The highest BCUT2D eigenvalue weighted by atomic mass is 15.3. The average molecular weight is 226 g/mol. The first-order valence-corrected chi connectivity index (χ1v) is 6.50. The molecule has 0 amide bonds. The van der Waals surface area contributed by atoms with Gasteiger partial charge in [0.05, 0.1) is 0 Å². The highest BCUT2D eigenvalue weighted by Gasteiger charge is 2.27. The number of hydrogen-bond acceptors (Lipinski definition) is 4. The van der Waals surface area contributed by atoms with Gasteiger partial charge in [-0.1, -0.05) is 0 Å². The molecule has 2 heterocycles. The van der Waals surface area contributed by atoms with Gasteiger partial charge >= 0.3 is 0 Å². The van der Waals surface area contributed by atoms with Gasteiger partial charge in [-0.05, 0) is 33.0 Å². The highest BCUT2D eigenvalue weighted by Crippen LogP contribution is 2.18. The maximum atomic E-state index is 6.32. The lowest BCUT2D eigenvalue weighted by atomic mass is 9.99. The predicted octanol–water partition coefficient (Wildman–Crippen LogP) is -0.487. The van der Waals surface area contributed by atoms with Gasteiger partial charge in [0, 0.05) is 45.3 Å². The molecule has 2 unspecified atom stereocenters. The van der Waals surface area contributed by atoms with Gasteiger partial charge in [-0.25, -0.2) is 0 Å². The second-order valence-corrected chi connectivity index (χ2v) is 5.58. The molecule has 0 radical (unpaired) electrons. The zero-order valence-electron chi connectivity index (χ0n) is 10.7. The fourth-order valence-corrected chi connectivity index (χ4v) is 2.80. The zero-order valence-corrected chi connectivity index (χ0v) is 10.7. The summed E-state index contributed by atoms with van der Waals surface area (Å²) in [6.45, 7) is 8.26. The number of nitrogens with zero attached hydrogens (tertiary/aromatic N) is 3. The Hall–Kier alpha value is -0.160. The van der Waals surface area contributed by atoms with Crippen LogP contribution in [0, 0.1) is 5.92 Å². The van der Waals surface area contributed by atoms with Crippen molar-refractivity contribution >= 4 is 0 Å². The summed E-state index contributed by atoms with van der Waals surface area (Å²) in [5.74, 6) is 0.713. The molecule has 2 N–H and O–H groups in total. The molecule has 2 aliphatic rings. The molecule has 2 saturated heterocycles. The van der Waals surface area contributed by atoms with Crippen LogP contribution < -0.4 is 5.73 Å². The van der Waals surface area contributed by atoms with E-state index in [4.69, 9.17) is 5.73 Å². The van der Waals surface area contributed by atoms with Crippen molar-refractivity contribution in [2.45, 2.75) is 12.5 Å². The van der Waals surface area contributed by atoms with Gasteiger partial charge in [0.2, 0.25) is 0 Å². The Kier molecular flexibility index (Phi) is 4.19. The molecule has 94 valence electrons. The van der Waals surface area contributed by atoms with Crippen LogP contribution >= 0.6 is 0 Å². The highest BCUT2D eigenvalue weighted by molar-refractivity contribution is 4.84. The minimum absolute atomic E-state index is 0.369. The first-order valence-electron chi connectivity index (χ1n) is 6.50. The van der Waals surface area contributed by atoms with Crippen LogP contribution in [-0.2, 0) is 0 Å². The van der Waals surface area contributed by atoms with Crippen molar-refractivity contribution in [1.82, 2.24) is 14.7 Å². The summed E-state index contributed by atoms with van der Waals surface area (Å²) in [6, 6.07) is 0.369. The van der Waals surface area contributed by atoms with E-state index in [1.807, 2.05) is 0 Å². The molecule has 2 aliphatic heterocycles. The Morgan fingerprint density at radius 3 is 2.31 bits per heavy atom. The Labute approximate surface area is 99.4 Å². The minimum atomic E-state index is 0.369. The van der Waals surface area contributed by atoms with Gasteiger partial charge in [-0.3, -0.25) is 4.90 Å². The van der Waals surface area contributed by atoms with Crippen LogP contribution in [0.2, 0.25) is 0 Å². The number of hydrogen-bond donors (Lipinski definition) is 1. The van der Waals surface area contributed by atoms with Crippen LogP contribution in [0.1, 0.15) is 6.42 Å². The van der Waals surface area contributed by atoms with Crippen LogP contribution in [0.5, 0.6) is 0 Å². The summed E-state index contributed by atoms with van der Waals surface area (Å²) >= 11 is 0. The van der Waals surface area contributed by atoms with Crippen molar-refractivity contribution in [3.05, 3.63) is 0 Å². The second-order valence-electron chi connectivity index (χ2n) is 5.58. The van der Waals surface area contributed by atoms with Crippen molar-refractivity contribution < 1.29 is 0 Å². The van der Waals surface area contributed by atoms with Crippen molar-refractivity contribution in [3.63, 3.8) is 0 Å². The number of nitrogens with two attached hydrogens (primary N) is 1. The van der Waals surface area contributed by atoms with Gasteiger partial charge in [-0.2, -0.15) is 0 Å². The van der Waals surface area contributed by atoms with E-state index in [2.05, 4.69) is 28.8 Å². The van der Waals surface area contributed by atoms with Crippen molar-refractivity contribution in [2.75, 3.05) is 59.9 Å². The van der Waals surface area contributed by atoms with Crippen LogP contribution in [0.4, 0.5) is 0 Å². The van der Waals surface area contributed by atoms with E-state index in [0.717, 1.165) is 6.54 Å². The maximum Gasteiger partial charge on any atom is 0.0209 e. The Bertz CT molecular complexity index is 213. The first kappa shape index (κ1) is 12.3. The SMILES string of the molecule is CN1CCN(CC(N)C2CCN(C)C2)CC1. The van der Waals surface area contributed by atoms with Gasteiger partial charge in [0.15, 0.2) is 0 Å². The largest absolute Gasteiger partial charge is 0.326 e. The van der Waals surface area contributed by atoms with Crippen molar-refractivity contribution in [3.8, 4) is 0 Å². The van der Waals surface area contributed by atoms with E-state index in [0.29, 0.717) is 12.0 Å². The standard InChI is InChI=1S/C12H26N4/c1-14-5-7-16(8-6-14)10-12(13)11-3-4-15(2)9-11/h11-12H,3-10,13H2,1-2H3. The van der Waals surface area contributed by atoms with Gasteiger partial charge < -0.3 is 15.5 Å². The molecule has 2 fully saturated rings. The second kappa shape index (κ2) is 5.45. The van der Waals surface area contributed by atoms with E-state index < -0.39 is 0 Å². The quantitative estimate of drug-likeness (QED) is 0.705. The smallest absolute Gasteiger partial charge is 0.0209 e. The number of rotatable bonds is 3. The van der Waals surface area contributed by atoms with E-state index in [9.17, 15) is 0 Å². The van der Waals surface area contributed by atoms with E-state index >= 15 is 0 Å². The van der Waals surface area contributed by atoms with E-state index in [-0.39, 0.29) is 0 Å².